The number of amides is 2. The molecule has 0 aromatic heterocycles. The van der Waals surface area contributed by atoms with Crippen LogP contribution < -0.4 is 6.52 Å². The van der Waals surface area contributed by atoms with E-state index in [1.165, 1.54) is 0 Å². The van der Waals surface area contributed by atoms with Gasteiger partial charge in [-0.3, -0.25) is 0 Å². The van der Waals surface area contributed by atoms with Crippen molar-refractivity contribution in [2.75, 3.05) is 26.2 Å². The second-order valence-electron chi connectivity index (χ2n) is 15.8. The summed E-state index contributed by atoms with van der Waals surface area (Å²) in [4.78, 5) is 34.0. The third kappa shape index (κ3) is 5.94. The molecule has 46 heavy (non-hydrogen) atoms. The SMILES string of the molecule is C[Si](C)(C)C(=O)[NH][Zr]([Cl])([Cl])([NH]C(=O)[Si](C)(C)C)([CH]1C=C(N2CCCC2)c2ccccc21)[CH]1C=C(N2CCCC2)c2ccccc21.[GaH3]. The van der Waals surface area contributed by atoms with Gasteiger partial charge in [-0.05, 0) is 0 Å². The predicted molar refractivity (Wildman–Crippen MR) is 201 cm³/mol. The number of benzene rings is 2. The van der Waals surface area contributed by atoms with E-state index in [1.807, 2.05) is 51.4 Å². The van der Waals surface area contributed by atoms with E-state index in [0.29, 0.717) is 0 Å². The molecule has 0 bridgehead atoms. The van der Waals surface area contributed by atoms with Crippen LogP contribution >= 0.6 is 17.0 Å². The fourth-order valence-corrected chi connectivity index (χ4v) is 38.9. The van der Waals surface area contributed by atoms with E-state index in [-0.39, 0.29) is 30.9 Å². The molecule has 12 heteroatoms. The van der Waals surface area contributed by atoms with E-state index in [1.54, 1.807) is 0 Å². The number of allylic oxidation sites excluding steroid dienone is 2. The number of likely N-dealkylation sites (tertiary alicyclic amines) is 2. The normalized spacial score (nSPS) is 22.6. The predicted octanol–water partition coefficient (Wildman–Crippen LogP) is 7.81. The van der Waals surface area contributed by atoms with Crippen molar-refractivity contribution in [2.45, 2.75) is 72.2 Å². The summed E-state index contributed by atoms with van der Waals surface area (Å²) in [7, 11) is 12.4. The van der Waals surface area contributed by atoms with Crippen molar-refractivity contribution in [2.24, 2.45) is 0 Å². The molecule has 0 spiro atoms. The average Bonchev–Trinajstić information content (AvgIpc) is 3.77. The third-order valence-corrected chi connectivity index (χ3v) is 35.9. The van der Waals surface area contributed by atoms with E-state index in [4.69, 9.17) is 17.0 Å². The number of nitrogens with one attached hydrogen (secondary N) is 2. The van der Waals surface area contributed by atoms with Gasteiger partial charge in [0.25, 0.3) is 0 Å². The molecule has 2 saturated heterocycles. The van der Waals surface area contributed by atoms with E-state index in [2.05, 4.69) is 64.9 Å². The van der Waals surface area contributed by atoms with Gasteiger partial charge in [-0.1, -0.05) is 0 Å². The Bertz CT molecular complexity index is 1520. The van der Waals surface area contributed by atoms with E-state index in [0.717, 1.165) is 85.5 Å². The Morgan fingerprint density at radius 1 is 0.652 bits per heavy atom. The van der Waals surface area contributed by atoms with Crippen LogP contribution in [0.4, 0.5) is 9.59 Å². The number of rotatable bonds is 8. The molecule has 0 saturated carbocycles. The second kappa shape index (κ2) is 12.1. The number of nitrogens with zero attached hydrogens (tertiary/aromatic N) is 2. The molecule has 2 fully saturated rings. The zero-order valence-corrected chi connectivity index (χ0v) is 33.5. The molecule has 2 amide bonds. The summed E-state index contributed by atoms with van der Waals surface area (Å²) in [5.41, 5.74) is 6.09. The maximum atomic E-state index is 14.6. The van der Waals surface area contributed by atoms with Crippen molar-refractivity contribution < 1.29 is 25.1 Å². The number of carbonyl (C=O) groups excluding carboxylic acids is 2. The second-order valence-corrected chi connectivity index (χ2v) is 51.6. The van der Waals surface area contributed by atoms with Crippen molar-refractivity contribution in [1.29, 1.82) is 0 Å². The standard InChI is InChI=1S/2C13H14N.2C4H11NOSi.2ClH.Ga.Zr.3H/c2*1-2-6-12-11(5-1)7-8-13(12)14-9-3-4-10-14;2*1-7(2,3)4(5)6;;;;;;;/h2*1-2,5-8H,3-4,9-10H2;2*1-3H3,(H2,5,6);2*1H;;;;;/q;;;;;;;+4;;;/p-4. The fourth-order valence-electron chi connectivity index (χ4n) is 7.72. The van der Waals surface area contributed by atoms with Crippen LogP contribution in [0.1, 0.15) is 55.2 Å². The fraction of sp³-hybridized carbons (Fsp3) is 0.471. The molecule has 2 N–H and O–H groups in total. The number of hydrogen-bond acceptors (Lipinski definition) is 4. The van der Waals surface area contributed by atoms with Gasteiger partial charge >= 0.3 is 298 Å². The summed E-state index contributed by atoms with van der Waals surface area (Å²) in [5, 5.41) is 0. The van der Waals surface area contributed by atoms with Crippen molar-refractivity contribution in [3.63, 3.8) is 0 Å². The van der Waals surface area contributed by atoms with Gasteiger partial charge in [-0.2, -0.15) is 0 Å². The number of carbonyl (C=O) groups is 2. The Morgan fingerprint density at radius 2 is 0.978 bits per heavy atom. The van der Waals surface area contributed by atoms with Gasteiger partial charge in [0.05, 0.1) is 0 Å². The molecule has 2 aromatic rings. The van der Waals surface area contributed by atoms with Crippen LogP contribution in [0.25, 0.3) is 11.4 Å². The summed E-state index contributed by atoms with van der Waals surface area (Å²) in [6.07, 6.45) is 8.93. The van der Waals surface area contributed by atoms with Gasteiger partial charge in [0.1, 0.15) is 0 Å². The number of hydrogen-bond donors (Lipinski definition) is 2. The van der Waals surface area contributed by atoms with Gasteiger partial charge in [0.2, 0.25) is 0 Å². The molecule has 2 aromatic carbocycles. The van der Waals surface area contributed by atoms with Crippen LogP contribution in [-0.2, 0) is 15.5 Å². The molecule has 6 rings (SSSR count). The van der Waals surface area contributed by atoms with Gasteiger partial charge in [0, 0.05) is 0 Å². The molecule has 4 aliphatic rings. The first-order valence-corrected chi connectivity index (χ1v) is 35.2. The van der Waals surface area contributed by atoms with Gasteiger partial charge < -0.3 is 0 Å². The molecule has 6 nitrogen and oxygen atoms in total. The van der Waals surface area contributed by atoms with Crippen LogP contribution in [0.5, 0.6) is 0 Å². The molecular formula is C34H51Cl2GaN4O2Si2Zr. The van der Waals surface area contributed by atoms with E-state index >= 15 is 0 Å². The summed E-state index contributed by atoms with van der Waals surface area (Å²) in [6.45, 7) is 15.9. The molecule has 2 unspecified atom stereocenters. The molecule has 2 aliphatic carbocycles. The van der Waals surface area contributed by atoms with E-state index in [9.17, 15) is 9.59 Å². The Balaban J connectivity index is 0.00000417. The Morgan fingerprint density at radius 3 is 1.30 bits per heavy atom. The van der Waals surface area contributed by atoms with Crippen molar-refractivity contribution in [3.05, 3.63) is 82.9 Å². The van der Waals surface area contributed by atoms with Crippen LogP contribution in [-0.4, -0.2) is 83.0 Å². The Kier molecular flexibility index (Phi) is 9.54. The third-order valence-electron chi connectivity index (χ3n) is 10.3. The first-order valence-electron chi connectivity index (χ1n) is 16.6. The molecule has 0 radical (unpaired) electrons. The van der Waals surface area contributed by atoms with Crippen molar-refractivity contribution in [3.8, 4) is 0 Å². The Labute approximate surface area is 295 Å². The summed E-state index contributed by atoms with van der Waals surface area (Å²) in [6, 6.07) is 16.7. The quantitative estimate of drug-likeness (QED) is 0.267. The van der Waals surface area contributed by atoms with Gasteiger partial charge in [0.15, 0.2) is 0 Å². The molecule has 2 aliphatic heterocycles. The minimum atomic E-state index is -6.91. The number of halogens is 2. The molecule has 248 valence electrons. The van der Waals surface area contributed by atoms with Gasteiger partial charge in [-0.25, -0.2) is 0 Å². The summed E-state index contributed by atoms with van der Waals surface area (Å²) in [5.74, 6) is 0. The van der Waals surface area contributed by atoms with Crippen LogP contribution in [0, 0.1) is 0 Å². The number of fused-ring (bicyclic) bond motifs is 2. The molecular weight excluding hydrogens is 784 g/mol. The van der Waals surface area contributed by atoms with Crippen LogP contribution in [0.15, 0.2) is 60.7 Å². The zero-order chi connectivity index (χ0) is 32.5. The molecule has 2 heterocycles. The van der Waals surface area contributed by atoms with Crippen LogP contribution in [0.3, 0.4) is 0 Å². The summed E-state index contributed by atoms with van der Waals surface area (Å²) < 4.78 is 5.86. The zero-order valence-electron chi connectivity index (χ0n) is 27.6. The molecule has 2 atom stereocenters. The van der Waals surface area contributed by atoms with Crippen LogP contribution in [0.2, 0.25) is 39.3 Å². The monoisotopic (exact) mass is 832 g/mol. The van der Waals surface area contributed by atoms with Gasteiger partial charge in [-0.15, -0.1) is 0 Å². The first-order chi connectivity index (χ1) is 21.0. The maximum absolute atomic E-state index is 14.6. The Hall–Kier alpha value is -1.01. The minimum absolute atomic E-state index is 0. The average molecular weight is 836 g/mol. The topological polar surface area (TPSA) is 64.7 Å². The van der Waals surface area contributed by atoms with E-state index < -0.39 is 38.9 Å². The van der Waals surface area contributed by atoms with Crippen molar-refractivity contribution in [1.82, 2.24) is 16.3 Å². The van der Waals surface area contributed by atoms with Crippen molar-refractivity contribution >= 4 is 75.4 Å². The first kappa shape index (κ1) is 36.3. The summed E-state index contributed by atoms with van der Waals surface area (Å²) >= 11 is -6.91.